The van der Waals surface area contributed by atoms with Crippen molar-refractivity contribution in [3.05, 3.63) is 66.0 Å². The molecule has 1 atom stereocenters. The molecule has 2 heterocycles. The van der Waals surface area contributed by atoms with Crippen molar-refractivity contribution in [2.45, 2.75) is 19.4 Å². The minimum absolute atomic E-state index is 0.120. The molecule has 1 unspecified atom stereocenters. The van der Waals surface area contributed by atoms with E-state index in [-0.39, 0.29) is 11.8 Å². The van der Waals surface area contributed by atoms with E-state index < -0.39 is 21.9 Å². The van der Waals surface area contributed by atoms with Gasteiger partial charge in [-0.1, -0.05) is 12.1 Å². The van der Waals surface area contributed by atoms with Crippen LogP contribution in [-0.4, -0.2) is 21.0 Å². The molecule has 0 amide bonds. The van der Waals surface area contributed by atoms with Crippen LogP contribution in [0, 0.1) is 10.1 Å². The monoisotopic (exact) mass is 315 g/mol. The first-order valence-corrected chi connectivity index (χ1v) is 6.92. The average Bonchev–Trinajstić information content (AvgIpc) is 2.83. The van der Waals surface area contributed by atoms with Gasteiger partial charge in [-0.3, -0.25) is 19.9 Å². The lowest BCUT2D eigenvalue weighted by atomic mass is 10.1. The first-order valence-electron chi connectivity index (χ1n) is 6.92. The second-order valence-corrected chi connectivity index (χ2v) is 5.26. The Kier molecular flexibility index (Phi) is 3.57. The Bertz CT molecular complexity index is 925. The molecule has 2 aromatic rings. The predicted octanol–water partition coefficient (Wildman–Crippen LogP) is 1.47. The molecule has 23 heavy (non-hydrogen) atoms. The molecule has 118 valence electrons. The summed E-state index contributed by atoms with van der Waals surface area (Å²) < 4.78 is 5.60. The zero-order valence-electron chi connectivity index (χ0n) is 12.2. The van der Waals surface area contributed by atoms with Crippen LogP contribution in [0.3, 0.4) is 0 Å². The lowest BCUT2D eigenvalue weighted by Crippen LogP contribution is -2.25. The fourth-order valence-electron chi connectivity index (χ4n) is 2.52. The summed E-state index contributed by atoms with van der Waals surface area (Å²) in [6.45, 7) is 1.97. The number of hydrogen-bond acceptors (Lipinski definition) is 5. The van der Waals surface area contributed by atoms with Crippen molar-refractivity contribution in [1.82, 2.24) is 9.97 Å². The fraction of sp³-hybridized carbons (Fsp3) is 0.200. The molecular formula is C15H13N3O5. The van der Waals surface area contributed by atoms with Crippen LogP contribution in [0.2, 0.25) is 0 Å². The SMILES string of the molecule is CC1Cc2cc(/C=C/c3[nH]c(=O)[nH]c(=O)c3[N+](=O)[O-])ccc2O1. The van der Waals surface area contributed by atoms with E-state index in [1.807, 2.05) is 24.0 Å². The van der Waals surface area contributed by atoms with Gasteiger partial charge >= 0.3 is 16.9 Å². The molecule has 8 heteroatoms. The number of nitrogens with zero attached hydrogens (tertiary/aromatic N) is 1. The molecule has 0 radical (unpaired) electrons. The number of H-pyrrole nitrogens is 2. The highest BCUT2D eigenvalue weighted by Gasteiger charge is 2.20. The molecule has 1 aromatic carbocycles. The van der Waals surface area contributed by atoms with Crippen LogP contribution < -0.4 is 16.0 Å². The van der Waals surface area contributed by atoms with Crippen molar-refractivity contribution in [2.24, 2.45) is 0 Å². The number of fused-ring (bicyclic) bond motifs is 1. The highest BCUT2D eigenvalue weighted by Crippen LogP contribution is 2.29. The smallest absolute Gasteiger partial charge is 0.357 e. The molecule has 0 aliphatic carbocycles. The third-order valence-corrected chi connectivity index (χ3v) is 3.49. The third-order valence-electron chi connectivity index (χ3n) is 3.49. The highest BCUT2D eigenvalue weighted by molar-refractivity contribution is 5.72. The van der Waals surface area contributed by atoms with Gasteiger partial charge in [-0.15, -0.1) is 0 Å². The largest absolute Gasteiger partial charge is 0.490 e. The molecule has 1 aliphatic heterocycles. The maximum absolute atomic E-state index is 11.5. The summed E-state index contributed by atoms with van der Waals surface area (Å²) >= 11 is 0. The molecule has 8 nitrogen and oxygen atoms in total. The van der Waals surface area contributed by atoms with Gasteiger partial charge in [-0.2, -0.15) is 0 Å². The summed E-state index contributed by atoms with van der Waals surface area (Å²) in [5.74, 6) is 0.824. The van der Waals surface area contributed by atoms with Crippen LogP contribution in [-0.2, 0) is 6.42 Å². The number of rotatable bonds is 3. The molecule has 1 aliphatic rings. The number of aromatic amines is 2. The van der Waals surface area contributed by atoms with Crippen LogP contribution >= 0.6 is 0 Å². The molecule has 0 saturated heterocycles. The van der Waals surface area contributed by atoms with E-state index in [9.17, 15) is 19.7 Å². The summed E-state index contributed by atoms with van der Waals surface area (Å²) in [6.07, 6.45) is 3.85. The van der Waals surface area contributed by atoms with Crippen molar-refractivity contribution < 1.29 is 9.66 Å². The van der Waals surface area contributed by atoms with Crippen LogP contribution in [0.5, 0.6) is 5.75 Å². The highest BCUT2D eigenvalue weighted by atomic mass is 16.6. The second kappa shape index (κ2) is 5.56. The Morgan fingerprint density at radius 1 is 1.30 bits per heavy atom. The second-order valence-electron chi connectivity index (χ2n) is 5.26. The van der Waals surface area contributed by atoms with Gasteiger partial charge in [0.25, 0.3) is 0 Å². The quantitative estimate of drug-likeness (QED) is 0.656. The van der Waals surface area contributed by atoms with E-state index >= 15 is 0 Å². The Morgan fingerprint density at radius 2 is 2.09 bits per heavy atom. The van der Waals surface area contributed by atoms with E-state index in [2.05, 4.69) is 4.98 Å². The van der Waals surface area contributed by atoms with Crippen molar-refractivity contribution in [3.63, 3.8) is 0 Å². The lowest BCUT2D eigenvalue weighted by molar-refractivity contribution is -0.386. The van der Waals surface area contributed by atoms with Crippen molar-refractivity contribution in [3.8, 4) is 5.75 Å². The molecule has 0 spiro atoms. The minimum Gasteiger partial charge on any atom is -0.490 e. The van der Waals surface area contributed by atoms with E-state index in [0.717, 1.165) is 23.3 Å². The Hall–Kier alpha value is -3.16. The molecule has 0 bridgehead atoms. The van der Waals surface area contributed by atoms with Crippen molar-refractivity contribution in [1.29, 1.82) is 0 Å². The average molecular weight is 315 g/mol. The van der Waals surface area contributed by atoms with Crippen LogP contribution in [0.15, 0.2) is 27.8 Å². The Morgan fingerprint density at radius 3 is 2.83 bits per heavy atom. The number of hydrogen-bond donors (Lipinski definition) is 2. The van der Waals surface area contributed by atoms with Crippen LogP contribution in [0.4, 0.5) is 5.69 Å². The first kappa shape index (κ1) is 14.8. The number of ether oxygens (including phenoxy) is 1. The standard InChI is InChI=1S/C15H13N3O5/c1-8-6-10-7-9(3-5-12(10)23-8)2-4-11-13(18(21)22)14(19)17-15(20)16-11/h2-5,7-8H,6H2,1H3,(H2,16,17,19,20)/b4-2+. The summed E-state index contributed by atoms with van der Waals surface area (Å²) in [7, 11) is 0. The summed E-state index contributed by atoms with van der Waals surface area (Å²) in [5, 5.41) is 11.0. The van der Waals surface area contributed by atoms with E-state index in [1.165, 1.54) is 6.08 Å². The van der Waals surface area contributed by atoms with Crippen LogP contribution in [0.25, 0.3) is 12.2 Å². The molecule has 0 fully saturated rings. The van der Waals surface area contributed by atoms with Gasteiger partial charge < -0.3 is 9.72 Å². The van der Waals surface area contributed by atoms with E-state index in [1.54, 1.807) is 12.1 Å². The Labute approximate surface area is 129 Å². The predicted molar refractivity (Wildman–Crippen MR) is 83.5 cm³/mol. The minimum atomic E-state index is -1.03. The fourth-order valence-corrected chi connectivity index (χ4v) is 2.52. The van der Waals surface area contributed by atoms with Gasteiger partial charge in [0.1, 0.15) is 17.5 Å². The lowest BCUT2D eigenvalue weighted by Gasteiger charge is -2.02. The van der Waals surface area contributed by atoms with Crippen molar-refractivity contribution in [2.75, 3.05) is 0 Å². The Balaban J connectivity index is 1.98. The normalized spacial score (nSPS) is 16.3. The molecular weight excluding hydrogens is 302 g/mol. The molecule has 2 N–H and O–H groups in total. The van der Waals surface area contributed by atoms with Crippen LogP contribution in [0.1, 0.15) is 23.7 Å². The van der Waals surface area contributed by atoms with Gasteiger partial charge in [0, 0.05) is 6.42 Å². The van der Waals surface area contributed by atoms with E-state index in [0.29, 0.717) is 0 Å². The number of nitrogens with one attached hydrogen (secondary N) is 2. The van der Waals surface area contributed by atoms with Crippen molar-refractivity contribution >= 4 is 17.8 Å². The summed E-state index contributed by atoms with van der Waals surface area (Å²) in [4.78, 5) is 37.1. The first-order chi connectivity index (χ1) is 10.9. The number of aromatic nitrogens is 2. The third kappa shape index (κ3) is 2.91. The maximum atomic E-state index is 11.5. The van der Waals surface area contributed by atoms with Gasteiger partial charge in [-0.05, 0) is 36.3 Å². The summed E-state index contributed by atoms with van der Waals surface area (Å²) in [6, 6.07) is 5.53. The molecule has 3 rings (SSSR count). The topological polar surface area (TPSA) is 118 Å². The summed E-state index contributed by atoms with van der Waals surface area (Å²) in [5.41, 5.74) is -0.829. The number of benzene rings is 1. The molecule has 1 aromatic heterocycles. The zero-order chi connectivity index (χ0) is 16.6. The zero-order valence-corrected chi connectivity index (χ0v) is 12.2. The maximum Gasteiger partial charge on any atom is 0.357 e. The van der Waals surface area contributed by atoms with E-state index in [4.69, 9.17) is 4.74 Å². The van der Waals surface area contributed by atoms with Gasteiger partial charge in [0.15, 0.2) is 0 Å². The number of nitro groups is 1. The van der Waals surface area contributed by atoms with Gasteiger partial charge in [0.05, 0.1) is 4.92 Å². The van der Waals surface area contributed by atoms with Gasteiger partial charge in [0.2, 0.25) is 0 Å². The van der Waals surface area contributed by atoms with Gasteiger partial charge in [-0.25, -0.2) is 4.79 Å². The molecule has 0 saturated carbocycles.